The van der Waals surface area contributed by atoms with Crippen LogP contribution in [-0.2, 0) is 17.6 Å². The molecule has 0 aliphatic heterocycles. The van der Waals surface area contributed by atoms with Crippen molar-refractivity contribution < 1.29 is 4.74 Å². The highest BCUT2D eigenvalue weighted by atomic mass is 16.5. The molecule has 0 spiro atoms. The third kappa shape index (κ3) is 3.31. The monoisotopic (exact) mass is 263 g/mol. The lowest BCUT2D eigenvalue weighted by Crippen LogP contribution is -2.26. The summed E-state index contributed by atoms with van der Waals surface area (Å²) in [6.45, 7) is 5.35. The van der Waals surface area contributed by atoms with Gasteiger partial charge in [-0.3, -0.25) is 0 Å². The average Bonchev–Trinajstić information content (AvgIpc) is 2.39. The van der Waals surface area contributed by atoms with Gasteiger partial charge in [-0.25, -0.2) is 9.97 Å². The number of aromatic nitrogens is 2. The van der Waals surface area contributed by atoms with Crippen molar-refractivity contribution in [3.05, 3.63) is 23.3 Å². The summed E-state index contributed by atoms with van der Waals surface area (Å²) in [6.07, 6.45) is 5.37. The van der Waals surface area contributed by atoms with Gasteiger partial charge in [0.2, 0.25) is 0 Å². The zero-order valence-corrected chi connectivity index (χ0v) is 12.4. The van der Waals surface area contributed by atoms with Gasteiger partial charge in [0, 0.05) is 19.0 Å². The summed E-state index contributed by atoms with van der Waals surface area (Å²) in [4.78, 5) is 9.27. The smallest absolute Gasteiger partial charge is 0.157 e. The minimum Gasteiger partial charge on any atom is -0.373 e. The Bertz CT molecular complexity index is 420. The number of methoxy groups -OCH3 is 1. The molecule has 1 aromatic heterocycles. The number of hydrogen-bond acceptors (Lipinski definition) is 4. The van der Waals surface area contributed by atoms with Crippen molar-refractivity contribution in [3.8, 4) is 0 Å². The Morgan fingerprint density at radius 3 is 2.89 bits per heavy atom. The van der Waals surface area contributed by atoms with Crippen LogP contribution < -0.4 is 5.32 Å². The number of nitrogens with zero attached hydrogens (tertiary/aromatic N) is 2. The van der Waals surface area contributed by atoms with E-state index in [-0.39, 0.29) is 6.10 Å². The Hall–Kier alpha value is -1.00. The Balaban J connectivity index is 2.17. The predicted octanol–water partition coefficient (Wildman–Crippen LogP) is 2.14. The molecular weight excluding hydrogens is 238 g/mol. The van der Waals surface area contributed by atoms with Crippen molar-refractivity contribution in [2.75, 3.05) is 20.7 Å². The molecule has 0 radical (unpaired) electrons. The second-order valence-electron chi connectivity index (χ2n) is 5.77. The molecule has 1 heterocycles. The van der Waals surface area contributed by atoms with E-state index in [1.807, 2.05) is 13.2 Å². The van der Waals surface area contributed by atoms with Gasteiger partial charge in [-0.2, -0.15) is 0 Å². The Kier molecular flexibility index (Phi) is 4.88. The van der Waals surface area contributed by atoms with Crippen molar-refractivity contribution in [1.82, 2.24) is 15.3 Å². The largest absolute Gasteiger partial charge is 0.373 e. The zero-order chi connectivity index (χ0) is 13.8. The van der Waals surface area contributed by atoms with Crippen LogP contribution in [0.4, 0.5) is 0 Å². The molecule has 0 amide bonds. The van der Waals surface area contributed by atoms with Crippen LogP contribution in [0, 0.1) is 11.8 Å². The van der Waals surface area contributed by atoms with Crippen molar-refractivity contribution in [3.63, 3.8) is 0 Å². The van der Waals surface area contributed by atoms with Gasteiger partial charge >= 0.3 is 0 Å². The fourth-order valence-electron chi connectivity index (χ4n) is 2.87. The summed E-state index contributed by atoms with van der Waals surface area (Å²) in [6, 6.07) is 0. The number of fused-ring (bicyclic) bond motifs is 1. The molecule has 2 unspecified atom stereocenters. The second kappa shape index (κ2) is 6.44. The minimum atomic E-state index is 0.000307. The summed E-state index contributed by atoms with van der Waals surface area (Å²) in [5, 5.41) is 3.26. The van der Waals surface area contributed by atoms with Gasteiger partial charge < -0.3 is 10.1 Å². The molecule has 0 aromatic carbocycles. The number of ether oxygens (including phenoxy) is 1. The zero-order valence-electron chi connectivity index (χ0n) is 12.4. The Morgan fingerprint density at radius 2 is 2.26 bits per heavy atom. The fraction of sp³-hybridized carbons (Fsp3) is 0.733. The number of aryl methyl sites for hydroxylation is 1. The second-order valence-corrected chi connectivity index (χ2v) is 5.77. The van der Waals surface area contributed by atoms with Crippen molar-refractivity contribution in [2.45, 2.75) is 39.2 Å². The lowest BCUT2D eigenvalue weighted by atomic mass is 9.87. The molecule has 0 saturated heterocycles. The van der Waals surface area contributed by atoms with Gasteiger partial charge in [-0.05, 0) is 50.3 Å². The fourth-order valence-corrected chi connectivity index (χ4v) is 2.87. The number of nitrogens with one attached hydrogen (secondary N) is 1. The molecule has 1 aliphatic carbocycles. The van der Waals surface area contributed by atoms with Crippen molar-refractivity contribution >= 4 is 0 Å². The SMILES string of the molecule is CNCC1CCc2nc(C(OC)C(C)C)ncc2C1. The van der Waals surface area contributed by atoms with Gasteiger partial charge in [0.25, 0.3) is 0 Å². The number of rotatable bonds is 5. The van der Waals surface area contributed by atoms with Crippen LogP contribution in [0.5, 0.6) is 0 Å². The molecule has 1 aromatic rings. The summed E-state index contributed by atoms with van der Waals surface area (Å²) in [5.74, 6) is 1.95. The maximum Gasteiger partial charge on any atom is 0.157 e. The van der Waals surface area contributed by atoms with Crippen LogP contribution in [-0.4, -0.2) is 30.7 Å². The van der Waals surface area contributed by atoms with E-state index in [1.165, 1.54) is 17.7 Å². The molecule has 4 heteroatoms. The molecule has 19 heavy (non-hydrogen) atoms. The van der Waals surface area contributed by atoms with Crippen LogP contribution in [0.1, 0.15) is 43.5 Å². The first-order chi connectivity index (χ1) is 9.15. The molecule has 1 N–H and O–H groups in total. The van der Waals surface area contributed by atoms with E-state index in [2.05, 4.69) is 24.1 Å². The first kappa shape index (κ1) is 14.4. The minimum absolute atomic E-state index is 0.000307. The van der Waals surface area contributed by atoms with E-state index in [0.717, 1.165) is 31.1 Å². The Labute approximate surface area is 116 Å². The molecule has 1 aliphatic rings. The van der Waals surface area contributed by atoms with Crippen LogP contribution in [0.25, 0.3) is 0 Å². The molecular formula is C15H25N3O. The van der Waals surface area contributed by atoms with Crippen LogP contribution in [0.15, 0.2) is 6.20 Å². The first-order valence-corrected chi connectivity index (χ1v) is 7.17. The van der Waals surface area contributed by atoms with Gasteiger partial charge in [0.05, 0.1) is 0 Å². The lowest BCUT2D eigenvalue weighted by molar-refractivity contribution is 0.0571. The molecule has 0 bridgehead atoms. The van der Waals surface area contributed by atoms with Crippen molar-refractivity contribution in [1.29, 1.82) is 0 Å². The maximum absolute atomic E-state index is 5.51. The molecule has 0 fully saturated rings. The first-order valence-electron chi connectivity index (χ1n) is 7.17. The third-order valence-corrected chi connectivity index (χ3v) is 3.88. The summed E-state index contributed by atoms with van der Waals surface area (Å²) in [7, 11) is 3.75. The van der Waals surface area contributed by atoms with Gasteiger partial charge in [-0.15, -0.1) is 0 Å². The normalized spacial score (nSPS) is 20.4. The standard InChI is InChI=1S/C15H25N3O/c1-10(2)14(19-4)15-17-9-12-7-11(8-16-3)5-6-13(12)18-15/h9-11,14,16H,5-8H2,1-4H3. The molecule has 2 rings (SSSR count). The van der Waals surface area contributed by atoms with Gasteiger partial charge in [0.15, 0.2) is 5.82 Å². The van der Waals surface area contributed by atoms with E-state index in [9.17, 15) is 0 Å². The van der Waals surface area contributed by atoms with E-state index in [1.54, 1.807) is 7.11 Å². The highest BCUT2D eigenvalue weighted by Gasteiger charge is 2.23. The summed E-state index contributed by atoms with van der Waals surface area (Å²) in [5.41, 5.74) is 2.54. The van der Waals surface area contributed by atoms with Crippen LogP contribution >= 0.6 is 0 Å². The Morgan fingerprint density at radius 1 is 1.47 bits per heavy atom. The van der Waals surface area contributed by atoms with Crippen LogP contribution in [0.3, 0.4) is 0 Å². The summed E-state index contributed by atoms with van der Waals surface area (Å²) < 4.78 is 5.51. The predicted molar refractivity (Wildman–Crippen MR) is 76.1 cm³/mol. The van der Waals surface area contributed by atoms with E-state index < -0.39 is 0 Å². The van der Waals surface area contributed by atoms with E-state index >= 15 is 0 Å². The maximum atomic E-state index is 5.51. The third-order valence-electron chi connectivity index (χ3n) is 3.88. The topological polar surface area (TPSA) is 47.0 Å². The molecule has 4 nitrogen and oxygen atoms in total. The average molecular weight is 263 g/mol. The van der Waals surface area contributed by atoms with E-state index in [0.29, 0.717) is 5.92 Å². The van der Waals surface area contributed by atoms with E-state index in [4.69, 9.17) is 9.72 Å². The summed E-state index contributed by atoms with van der Waals surface area (Å²) >= 11 is 0. The molecule has 0 saturated carbocycles. The number of hydrogen-bond donors (Lipinski definition) is 1. The molecule has 106 valence electrons. The molecule has 2 atom stereocenters. The lowest BCUT2D eigenvalue weighted by Gasteiger charge is -2.25. The van der Waals surface area contributed by atoms with Crippen LogP contribution in [0.2, 0.25) is 0 Å². The highest BCUT2D eigenvalue weighted by Crippen LogP contribution is 2.27. The quantitative estimate of drug-likeness (QED) is 0.884. The van der Waals surface area contributed by atoms with Gasteiger partial charge in [-0.1, -0.05) is 13.8 Å². The van der Waals surface area contributed by atoms with Crippen molar-refractivity contribution in [2.24, 2.45) is 11.8 Å². The highest BCUT2D eigenvalue weighted by molar-refractivity contribution is 5.22. The van der Waals surface area contributed by atoms with Gasteiger partial charge in [0.1, 0.15) is 6.10 Å².